The number of fused-ring (bicyclic) bond motifs is 3. The van der Waals surface area contributed by atoms with Crippen LogP contribution >= 0.6 is 0 Å². The van der Waals surface area contributed by atoms with Gasteiger partial charge in [-0.05, 0) is 24.3 Å². The number of aromatic nitrogens is 5. The number of amides is 1. The van der Waals surface area contributed by atoms with Crippen molar-refractivity contribution in [3.05, 3.63) is 78.0 Å². The van der Waals surface area contributed by atoms with E-state index in [0.717, 1.165) is 28.2 Å². The summed E-state index contributed by atoms with van der Waals surface area (Å²) in [7, 11) is 3.79. The Labute approximate surface area is 162 Å². The average molecular weight is 372 g/mol. The zero-order chi connectivity index (χ0) is 19.3. The summed E-state index contributed by atoms with van der Waals surface area (Å²) >= 11 is 0. The number of aryl methyl sites for hydroxylation is 2. The Kier molecular flexibility index (Phi) is 3.68. The van der Waals surface area contributed by atoms with E-state index >= 15 is 0 Å². The summed E-state index contributed by atoms with van der Waals surface area (Å²) in [6, 6.07) is 13.9. The van der Waals surface area contributed by atoms with Gasteiger partial charge in [0, 0.05) is 49.5 Å². The van der Waals surface area contributed by atoms with Gasteiger partial charge >= 0.3 is 0 Å². The largest absolute Gasteiger partial charge is 0.352 e. The van der Waals surface area contributed by atoms with Crippen molar-refractivity contribution >= 4 is 5.91 Å². The molecule has 0 saturated heterocycles. The van der Waals surface area contributed by atoms with Crippen molar-refractivity contribution < 1.29 is 4.79 Å². The van der Waals surface area contributed by atoms with E-state index in [1.165, 1.54) is 0 Å². The second-order valence-corrected chi connectivity index (χ2v) is 7.07. The van der Waals surface area contributed by atoms with E-state index in [2.05, 4.69) is 15.7 Å². The highest BCUT2D eigenvalue weighted by atomic mass is 16.2. The van der Waals surface area contributed by atoms with Gasteiger partial charge in [0.2, 0.25) is 0 Å². The second kappa shape index (κ2) is 6.23. The highest BCUT2D eigenvalue weighted by Gasteiger charge is 2.28. The van der Waals surface area contributed by atoms with Crippen LogP contribution in [0.1, 0.15) is 21.7 Å². The van der Waals surface area contributed by atoms with Gasteiger partial charge in [0.1, 0.15) is 5.69 Å². The quantitative estimate of drug-likeness (QED) is 0.544. The van der Waals surface area contributed by atoms with Gasteiger partial charge in [0.15, 0.2) is 0 Å². The van der Waals surface area contributed by atoms with Crippen LogP contribution in [0.2, 0.25) is 0 Å². The fraction of sp³-hybridized carbons (Fsp3) is 0.190. The molecule has 4 aromatic rings. The van der Waals surface area contributed by atoms with Crippen molar-refractivity contribution in [1.82, 2.24) is 29.0 Å². The molecule has 0 bridgehead atoms. The molecule has 7 heteroatoms. The molecule has 4 heterocycles. The van der Waals surface area contributed by atoms with Crippen molar-refractivity contribution in [2.75, 3.05) is 0 Å². The van der Waals surface area contributed by atoms with Gasteiger partial charge in [-0.3, -0.25) is 9.48 Å². The van der Waals surface area contributed by atoms with Crippen LogP contribution in [0.25, 0.3) is 16.9 Å². The topological polar surface area (TPSA) is 60.9 Å². The summed E-state index contributed by atoms with van der Waals surface area (Å²) in [5, 5.41) is 9.00. The minimum Gasteiger partial charge on any atom is -0.352 e. The minimum atomic E-state index is -0.0348. The van der Waals surface area contributed by atoms with Gasteiger partial charge in [-0.25, -0.2) is 4.68 Å². The maximum atomic E-state index is 13.2. The molecule has 28 heavy (non-hydrogen) atoms. The lowest BCUT2D eigenvalue weighted by molar-refractivity contribution is 0.0717. The van der Waals surface area contributed by atoms with Gasteiger partial charge in [0.25, 0.3) is 5.91 Å². The summed E-state index contributed by atoms with van der Waals surface area (Å²) in [4.78, 5) is 15.1. The van der Waals surface area contributed by atoms with Crippen molar-refractivity contribution in [3.63, 3.8) is 0 Å². The maximum Gasteiger partial charge on any atom is 0.272 e. The number of para-hydroxylation sites is 1. The number of hydrogen-bond donors (Lipinski definition) is 0. The molecule has 0 radical (unpaired) electrons. The first-order valence-corrected chi connectivity index (χ1v) is 9.17. The summed E-state index contributed by atoms with van der Waals surface area (Å²) in [6.07, 6.45) is 5.70. The highest BCUT2D eigenvalue weighted by Crippen LogP contribution is 2.33. The van der Waals surface area contributed by atoms with Gasteiger partial charge < -0.3 is 9.47 Å². The Balaban J connectivity index is 1.62. The molecule has 140 valence electrons. The molecule has 7 nitrogen and oxygen atoms in total. The van der Waals surface area contributed by atoms with Crippen molar-refractivity contribution in [1.29, 1.82) is 0 Å². The van der Waals surface area contributed by atoms with Crippen LogP contribution in [-0.2, 0) is 27.2 Å². The van der Waals surface area contributed by atoms with Crippen molar-refractivity contribution in [2.45, 2.75) is 13.1 Å². The van der Waals surface area contributed by atoms with Crippen molar-refractivity contribution in [2.24, 2.45) is 14.1 Å². The minimum absolute atomic E-state index is 0.0348. The number of carbonyl (C=O) groups is 1. The van der Waals surface area contributed by atoms with Crippen LogP contribution in [0.4, 0.5) is 0 Å². The van der Waals surface area contributed by atoms with E-state index in [9.17, 15) is 4.79 Å². The van der Waals surface area contributed by atoms with Crippen LogP contribution in [0, 0.1) is 0 Å². The van der Waals surface area contributed by atoms with Gasteiger partial charge in [0.05, 0.1) is 24.5 Å². The van der Waals surface area contributed by atoms with Crippen LogP contribution < -0.4 is 0 Å². The summed E-state index contributed by atoms with van der Waals surface area (Å²) in [6.45, 7) is 1.03. The molecular formula is C21H20N6O. The van der Waals surface area contributed by atoms with E-state index in [4.69, 9.17) is 5.10 Å². The molecule has 5 rings (SSSR count). The average Bonchev–Trinajstić information content (AvgIpc) is 3.39. The Morgan fingerprint density at radius 1 is 1.04 bits per heavy atom. The molecule has 0 aliphatic carbocycles. The van der Waals surface area contributed by atoms with Gasteiger partial charge in [-0.2, -0.15) is 10.2 Å². The lowest BCUT2D eigenvalue weighted by atomic mass is 10.1. The fourth-order valence-corrected chi connectivity index (χ4v) is 3.77. The monoisotopic (exact) mass is 372 g/mol. The number of rotatable bonds is 2. The Hall–Kier alpha value is -3.61. The SMILES string of the molecule is Cn1ccc2c1CN(C(=O)c1ccnn1C)Cc1cn(-c3ccccc3)nc1-2. The van der Waals surface area contributed by atoms with Crippen molar-refractivity contribution in [3.8, 4) is 16.9 Å². The van der Waals surface area contributed by atoms with Gasteiger partial charge in [-0.1, -0.05) is 18.2 Å². The zero-order valence-electron chi connectivity index (χ0n) is 15.8. The molecule has 0 saturated carbocycles. The summed E-state index contributed by atoms with van der Waals surface area (Å²) < 4.78 is 5.57. The fourth-order valence-electron chi connectivity index (χ4n) is 3.77. The third-order valence-corrected chi connectivity index (χ3v) is 5.30. The predicted octanol–water partition coefficient (Wildman–Crippen LogP) is 2.77. The third-order valence-electron chi connectivity index (χ3n) is 5.30. The van der Waals surface area contributed by atoms with Crippen LogP contribution in [-0.4, -0.2) is 34.9 Å². The van der Waals surface area contributed by atoms with E-state index in [0.29, 0.717) is 18.8 Å². The standard InChI is InChI=1S/C21H20N6O/c1-24-11-9-17-19(24)14-26(21(28)18-8-10-22-25(18)2)12-15-13-27(23-20(15)17)16-6-4-3-5-7-16/h3-11,13H,12,14H2,1-2H3. The number of carbonyl (C=O) groups excluding carboxylic acids is 1. The molecular weight excluding hydrogens is 352 g/mol. The third kappa shape index (κ3) is 2.55. The molecule has 1 aliphatic heterocycles. The predicted molar refractivity (Wildman–Crippen MR) is 105 cm³/mol. The first-order chi connectivity index (χ1) is 13.6. The lowest BCUT2D eigenvalue weighted by Gasteiger charge is -2.21. The van der Waals surface area contributed by atoms with E-state index in [-0.39, 0.29) is 5.91 Å². The normalized spacial score (nSPS) is 13.1. The molecule has 0 fully saturated rings. The Bertz CT molecular complexity index is 1170. The Morgan fingerprint density at radius 2 is 1.86 bits per heavy atom. The highest BCUT2D eigenvalue weighted by molar-refractivity contribution is 5.93. The molecule has 1 aromatic carbocycles. The summed E-state index contributed by atoms with van der Waals surface area (Å²) in [5.74, 6) is -0.0348. The Morgan fingerprint density at radius 3 is 2.61 bits per heavy atom. The molecule has 0 unspecified atom stereocenters. The number of hydrogen-bond acceptors (Lipinski definition) is 3. The zero-order valence-corrected chi connectivity index (χ0v) is 15.8. The molecule has 1 amide bonds. The first kappa shape index (κ1) is 16.6. The smallest absolute Gasteiger partial charge is 0.272 e. The summed E-state index contributed by atoms with van der Waals surface area (Å²) in [5.41, 5.74) is 5.69. The first-order valence-electron chi connectivity index (χ1n) is 9.17. The number of benzene rings is 1. The molecule has 0 atom stereocenters. The molecule has 3 aromatic heterocycles. The van der Waals surface area contributed by atoms with Gasteiger partial charge in [-0.15, -0.1) is 0 Å². The maximum absolute atomic E-state index is 13.2. The number of nitrogens with zero attached hydrogens (tertiary/aromatic N) is 6. The lowest BCUT2D eigenvalue weighted by Crippen LogP contribution is -2.31. The molecule has 0 N–H and O–H groups in total. The molecule has 1 aliphatic rings. The van der Waals surface area contributed by atoms with E-state index < -0.39 is 0 Å². The van der Waals surface area contributed by atoms with E-state index in [1.807, 2.05) is 59.4 Å². The second-order valence-electron chi connectivity index (χ2n) is 7.07. The van der Waals surface area contributed by atoms with Crippen LogP contribution in [0.15, 0.2) is 61.1 Å². The van der Waals surface area contributed by atoms with E-state index in [1.54, 1.807) is 24.0 Å². The van der Waals surface area contributed by atoms with Crippen LogP contribution in [0.3, 0.4) is 0 Å². The molecule has 0 spiro atoms. The van der Waals surface area contributed by atoms with Crippen LogP contribution in [0.5, 0.6) is 0 Å².